The van der Waals surface area contributed by atoms with Gasteiger partial charge in [-0.1, -0.05) is 18.2 Å². The lowest BCUT2D eigenvalue weighted by Crippen LogP contribution is -2.37. The molecule has 0 aliphatic carbocycles. The molecule has 0 bridgehead atoms. The summed E-state index contributed by atoms with van der Waals surface area (Å²) in [7, 11) is 0. The van der Waals surface area contributed by atoms with Crippen molar-refractivity contribution in [1.82, 2.24) is 10.2 Å². The zero-order valence-corrected chi connectivity index (χ0v) is 11.7. The summed E-state index contributed by atoms with van der Waals surface area (Å²) in [6, 6.07) is 5.95. The first-order valence-electron chi connectivity index (χ1n) is 7.07. The Kier molecular flexibility index (Phi) is 5.05. The highest BCUT2D eigenvalue weighted by molar-refractivity contribution is 5.29. The first-order chi connectivity index (χ1) is 9.47. The van der Waals surface area contributed by atoms with Crippen molar-refractivity contribution in [3.8, 4) is 0 Å². The fourth-order valence-electron chi connectivity index (χ4n) is 2.65. The van der Waals surface area contributed by atoms with Gasteiger partial charge in [0.2, 0.25) is 0 Å². The van der Waals surface area contributed by atoms with Crippen molar-refractivity contribution >= 4 is 0 Å². The van der Waals surface area contributed by atoms with Crippen molar-refractivity contribution in [3.63, 3.8) is 0 Å². The van der Waals surface area contributed by atoms with Gasteiger partial charge in [0, 0.05) is 19.1 Å². The molecule has 1 aromatic rings. The highest BCUT2D eigenvalue weighted by atomic mass is 19.4. The van der Waals surface area contributed by atoms with Gasteiger partial charge in [0.05, 0.1) is 5.56 Å². The van der Waals surface area contributed by atoms with E-state index >= 15 is 0 Å². The van der Waals surface area contributed by atoms with E-state index in [-0.39, 0.29) is 12.6 Å². The van der Waals surface area contributed by atoms with Crippen molar-refractivity contribution in [2.45, 2.75) is 38.5 Å². The maximum Gasteiger partial charge on any atom is 0.416 e. The third kappa shape index (κ3) is 4.21. The number of hydrogen-bond donors (Lipinski definition) is 1. The SMILES string of the molecule is CC(CN1CCCC1)NCc1ccccc1C(F)(F)F. The van der Waals surface area contributed by atoms with Crippen molar-refractivity contribution in [2.24, 2.45) is 0 Å². The van der Waals surface area contributed by atoms with Gasteiger partial charge in [0.25, 0.3) is 0 Å². The molecule has 0 saturated carbocycles. The van der Waals surface area contributed by atoms with Gasteiger partial charge in [-0.25, -0.2) is 0 Å². The predicted octanol–water partition coefficient (Wildman–Crippen LogP) is 3.28. The van der Waals surface area contributed by atoms with E-state index in [1.54, 1.807) is 12.1 Å². The van der Waals surface area contributed by atoms with Crippen LogP contribution in [0.5, 0.6) is 0 Å². The molecule has 1 aliphatic heterocycles. The minimum Gasteiger partial charge on any atom is -0.309 e. The summed E-state index contributed by atoms with van der Waals surface area (Å²) < 4.78 is 38.6. The number of alkyl halides is 3. The summed E-state index contributed by atoms with van der Waals surface area (Å²) in [4.78, 5) is 2.35. The van der Waals surface area contributed by atoms with E-state index in [0.717, 1.165) is 25.7 Å². The van der Waals surface area contributed by atoms with Gasteiger partial charge < -0.3 is 10.2 Å². The average molecular weight is 286 g/mol. The number of halogens is 3. The van der Waals surface area contributed by atoms with E-state index < -0.39 is 11.7 Å². The lowest BCUT2D eigenvalue weighted by atomic mass is 10.1. The Morgan fingerprint density at radius 3 is 2.50 bits per heavy atom. The summed E-state index contributed by atoms with van der Waals surface area (Å²) >= 11 is 0. The molecule has 112 valence electrons. The molecule has 1 heterocycles. The van der Waals surface area contributed by atoms with Crippen LogP contribution in [0.3, 0.4) is 0 Å². The second kappa shape index (κ2) is 6.59. The van der Waals surface area contributed by atoms with E-state index in [1.807, 2.05) is 6.92 Å². The van der Waals surface area contributed by atoms with Gasteiger partial charge in [0.1, 0.15) is 0 Å². The second-order valence-corrected chi connectivity index (χ2v) is 5.44. The topological polar surface area (TPSA) is 15.3 Å². The first-order valence-corrected chi connectivity index (χ1v) is 7.07. The summed E-state index contributed by atoms with van der Waals surface area (Å²) in [6.45, 7) is 5.38. The van der Waals surface area contributed by atoms with Crippen LogP contribution in [0.15, 0.2) is 24.3 Å². The molecule has 1 saturated heterocycles. The average Bonchev–Trinajstić information content (AvgIpc) is 2.88. The molecule has 0 aromatic heterocycles. The van der Waals surface area contributed by atoms with Crippen LogP contribution in [0, 0.1) is 0 Å². The number of rotatable bonds is 5. The van der Waals surface area contributed by atoms with Crippen LogP contribution in [0.1, 0.15) is 30.9 Å². The largest absolute Gasteiger partial charge is 0.416 e. The number of benzene rings is 1. The summed E-state index contributed by atoms with van der Waals surface area (Å²) in [5, 5.41) is 3.20. The fourth-order valence-corrected chi connectivity index (χ4v) is 2.65. The van der Waals surface area contributed by atoms with E-state index in [0.29, 0.717) is 5.56 Å². The Hall–Kier alpha value is -1.07. The standard InChI is InChI=1S/C15H21F3N2/c1-12(11-20-8-4-5-9-20)19-10-13-6-2-3-7-14(13)15(16,17)18/h2-3,6-7,12,19H,4-5,8-11H2,1H3. The predicted molar refractivity (Wildman–Crippen MR) is 73.4 cm³/mol. The second-order valence-electron chi connectivity index (χ2n) is 5.44. The van der Waals surface area contributed by atoms with Gasteiger partial charge in [-0.2, -0.15) is 13.2 Å². The minimum atomic E-state index is -4.28. The Bertz CT molecular complexity index is 425. The third-order valence-corrected chi connectivity index (χ3v) is 3.69. The lowest BCUT2D eigenvalue weighted by molar-refractivity contribution is -0.138. The van der Waals surface area contributed by atoms with Gasteiger partial charge >= 0.3 is 6.18 Å². The third-order valence-electron chi connectivity index (χ3n) is 3.69. The normalized spacial score (nSPS) is 18.4. The quantitative estimate of drug-likeness (QED) is 0.893. The summed E-state index contributed by atoms with van der Waals surface area (Å²) in [5.41, 5.74) is -0.228. The molecule has 0 amide bonds. The molecular weight excluding hydrogens is 265 g/mol. The molecule has 5 heteroatoms. The fraction of sp³-hybridized carbons (Fsp3) is 0.600. The van der Waals surface area contributed by atoms with Crippen LogP contribution >= 0.6 is 0 Å². The minimum absolute atomic E-state index is 0.189. The zero-order chi connectivity index (χ0) is 14.6. The molecule has 2 nitrogen and oxygen atoms in total. The van der Waals surface area contributed by atoms with Crippen LogP contribution in [0.4, 0.5) is 13.2 Å². The highest BCUT2D eigenvalue weighted by Crippen LogP contribution is 2.31. The molecule has 1 unspecified atom stereocenters. The smallest absolute Gasteiger partial charge is 0.309 e. The molecule has 0 spiro atoms. The van der Waals surface area contributed by atoms with Crippen LogP contribution < -0.4 is 5.32 Å². The van der Waals surface area contributed by atoms with E-state index in [9.17, 15) is 13.2 Å². The number of nitrogens with one attached hydrogen (secondary N) is 1. The molecule has 1 aliphatic rings. The molecular formula is C15H21F3N2. The highest BCUT2D eigenvalue weighted by Gasteiger charge is 2.32. The molecule has 0 radical (unpaired) electrons. The van der Waals surface area contributed by atoms with Crippen molar-refractivity contribution in [2.75, 3.05) is 19.6 Å². The lowest BCUT2D eigenvalue weighted by Gasteiger charge is -2.22. The maximum atomic E-state index is 12.9. The first kappa shape index (κ1) is 15.3. The van der Waals surface area contributed by atoms with E-state index in [1.165, 1.54) is 18.9 Å². The van der Waals surface area contributed by atoms with Gasteiger partial charge in [0.15, 0.2) is 0 Å². The van der Waals surface area contributed by atoms with E-state index in [4.69, 9.17) is 0 Å². The maximum absolute atomic E-state index is 12.9. The molecule has 2 rings (SSSR count). The summed E-state index contributed by atoms with van der Waals surface area (Å²) in [6.07, 6.45) is -1.83. The molecule has 1 fully saturated rings. The van der Waals surface area contributed by atoms with Gasteiger partial charge in [-0.05, 0) is 44.5 Å². The van der Waals surface area contributed by atoms with Crippen molar-refractivity contribution in [3.05, 3.63) is 35.4 Å². The Labute approximate surface area is 118 Å². The van der Waals surface area contributed by atoms with Crippen molar-refractivity contribution in [1.29, 1.82) is 0 Å². The number of likely N-dealkylation sites (tertiary alicyclic amines) is 1. The molecule has 1 aromatic carbocycles. The molecule has 1 atom stereocenters. The monoisotopic (exact) mass is 286 g/mol. The zero-order valence-electron chi connectivity index (χ0n) is 11.7. The van der Waals surface area contributed by atoms with Gasteiger partial charge in [-0.3, -0.25) is 0 Å². The molecule has 1 N–H and O–H groups in total. The van der Waals surface area contributed by atoms with Crippen LogP contribution in [-0.4, -0.2) is 30.6 Å². The van der Waals surface area contributed by atoms with Crippen molar-refractivity contribution < 1.29 is 13.2 Å². The summed E-state index contributed by atoms with van der Waals surface area (Å²) in [5.74, 6) is 0. The van der Waals surface area contributed by atoms with Crippen LogP contribution in [0.2, 0.25) is 0 Å². The van der Waals surface area contributed by atoms with Crippen LogP contribution in [-0.2, 0) is 12.7 Å². The Balaban J connectivity index is 1.90. The Morgan fingerprint density at radius 1 is 1.20 bits per heavy atom. The van der Waals surface area contributed by atoms with Gasteiger partial charge in [-0.15, -0.1) is 0 Å². The number of hydrogen-bond acceptors (Lipinski definition) is 2. The number of nitrogens with zero attached hydrogens (tertiary/aromatic N) is 1. The molecule has 20 heavy (non-hydrogen) atoms. The van der Waals surface area contributed by atoms with E-state index in [2.05, 4.69) is 10.2 Å². The van der Waals surface area contributed by atoms with Crippen LogP contribution in [0.25, 0.3) is 0 Å². The Morgan fingerprint density at radius 2 is 1.85 bits per heavy atom.